The molecule has 186 valence electrons. The lowest BCUT2D eigenvalue weighted by molar-refractivity contribution is -0.116. The summed E-state index contributed by atoms with van der Waals surface area (Å²) in [5.41, 5.74) is 2.41. The molecule has 1 fully saturated rings. The number of amides is 1. The van der Waals surface area contributed by atoms with Gasteiger partial charge in [-0.3, -0.25) is 9.69 Å². The maximum Gasteiger partial charge on any atom is 0.249 e. The summed E-state index contributed by atoms with van der Waals surface area (Å²) >= 11 is 0. The van der Waals surface area contributed by atoms with Crippen LogP contribution in [0.25, 0.3) is 22.4 Å². The molecule has 4 heterocycles. The molecule has 0 saturated carbocycles. The van der Waals surface area contributed by atoms with E-state index in [0.29, 0.717) is 48.7 Å². The number of nitrogens with one attached hydrogen (secondary N) is 1. The van der Waals surface area contributed by atoms with Gasteiger partial charge in [0, 0.05) is 28.9 Å². The molecule has 0 aliphatic carbocycles. The molecular weight excluding hydrogens is 458 g/mol. The zero-order valence-corrected chi connectivity index (χ0v) is 20.3. The van der Waals surface area contributed by atoms with Crippen LogP contribution in [0.1, 0.15) is 25.7 Å². The van der Waals surface area contributed by atoms with Crippen molar-refractivity contribution in [2.45, 2.75) is 32.9 Å². The number of ether oxygens (including phenoxy) is 2. The van der Waals surface area contributed by atoms with Crippen molar-refractivity contribution in [3.63, 3.8) is 0 Å². The first-order valence-corrected chi connectivity index (χ1v) is 12.4. The predicted molar refractivity (Wildman–Crippen MR) is 135 cm³/mol. The Bertz CT molecular complexity index is 1390. The minimum Gasteiger partial charge on any atom is -0.486 e. The smallest absolute Gasteiger partial charge is 0.249 e. The van der Waals surface area contributed by atoms with Gasteiger partial charge in [-0.25, -0.2) is 0 Å². The quantitative estimate of drug-likeness (QED) is 0.432. The molecule has 0 radical (unpaired) electrons. The number of benzene rings is 2. The van der Waals surface area contributed by atoms with E-state index < -0.39 is 0 Å². The molecule has 0 spiro atoms. The van der Waals surface area contributed by atoms with Gasteiger partial charge in [0.05, 0.1) is 12.1 Å². The molecule has 2 aromatic heterocycles. The summed E-state index contributed by atoms with van der Waals surface area (Å²) in [6.45, 7) is 6.23. The van der Waals surface area contributed by atoms with Crippen molar-refractivity contribution < 1.29 is 18.7 Å². The molecular formula is C27H29N5O4. The molecule has 0 bridgehead atoms. The Morgan fingerprint density at radius 3 is 2.72 bits per heavy atom. The Morgan fingerprint density at radius 2 is 1.86 bits per heavy atom. The zero-order chi connectivity index (χ0) is 24.5. The highest BCUT2D eigenvalue weighted by Crippen LogP contribution is 2.33. The lowest BCUT2D eigenvalue weighted by Crippen LogP contribution is -2.32. The highest BCUT2D eigenvalue weighted by atomic mass is 16.6. The number of carbonyl (C=O) groups is 1. The van der Waals surface area contributed by atoms with E-state index in [4.69, 9.17) is 13.9 Å². The van der Waals surface area contributed by atoms with Crippen LogP contribution < -0.4 is 14.8 Å². The molecule has 6 rings (SSSR count). The second kappa shape index (κ2) is 9.66. The molecule has 1 saturated heterocycles. The van der Waals surface area contributed by atoms with Gasteiger partial charge < -0.3 is 23.8 Å². The van der Waals surface area contributed by atoms with Crippen LogP contribution in [0.2, 0.25) is 0 Å². The standard InChI is InChI=1S/C27H29N5O4/c1-18-8-10-31(11-9-18)17-26-29-30-27(36-26)21-15-32(22-5-3-2-4-20(21)22)16-25(33)28-19-6-7-23-24(14-19)35-13-12-34-23/h2-7,14-15,18H,8-13,16-17H2,1H3,(H,28,33). The lowest BCUT2D eigenvalue weighted by atomic mass is 9.99. The van der Waals surface area contributed by atoms with Crippen molar-refractivity contribution in [2.24, 2.45) is 5.92 Å². The topological polar surface area (TPSA) is 94.7 Å². The number of fused-ring (bicyclic) bond motifs is 2. The Labute approximate surface area is 209 Å². The maximum atomic E-state index is 12.9. The zero-order valence-electron chi connectivity index (χ0n) is 20.3. The van der Waals surface area contributed by atoms with E-state index in [1.807, 2.05) is 47.2 Å². The molecule has 9 nitrogen and oxygen atoms in total. The highest BCUT2D eigenvalue weighted by molar-refractivity contribution is 5.96. The second-order valence-corrected chi connectivity index (χ2v) is 9.55. The van der Waals surface area contributed by atoms with Gasteiger partial charge in [0.25, 0.3) is 0 Å². The van der Waals surface area contributed by atoms with E-state index in [9.17, 15) is 4.79 Å². The number of para-hydroxylation sites is 1. The number of carbonyl (C=O) groups excluding carboxylic acids is 1. The average Bonchev–Trinajstić information content (AvgIpc) is 3.50. The van der Waals surface area contributed by atoms with Crippen LogP contribution in [0.3, 0.4) is 0 Å². The summed E-state index contributed by atoms with van der Waals surface area (Å²) in [6, 6.07) is 13.3. The summed E-state index contributed by atoms with van der Waals surface area (Å²) in [5, 5.41) is 12.6. The van der Waals surface area contributed by atoms with Crippen molar-refractivity contribution >= 4 is 22.5 Å². The fraction of sp³-hybridized carbons (Fsp3) is 0.370. The van der Waals surface area contributed by atoms with Crippen molar-refractivity contribution in [1.82, 2.24) is 19.7 Å². The van der Waals surface area contributed by atoms with E-state index in [1.165, 1.54) is 12.8 Å². The molecule has 4 aromatic rings. The number of hydrogen-bond acceptors (Lipinski definition) is 7. The summed E-state index contributed by atoms with van der Waals surface area (Å²) in [5.74, 6) is 3.04. The molecule has 2 aliphatic rings. The predicted octanol–water partition coefficient (Wildman–Crippen LogP) is 4.33. The van der Waals surface area contributed by atoms with Gasteiger partial charge in [-0.1, -0.05) is 25.1 Å². The number of rotatable bonds is 6. The third kappa shape index (κ3) is 4.66. The van der Waals surface area contributed by atoms with E-state index in [-0.39, 0.29) is 12.5 Å². The first kappa shape index (κ1) is 22.6. The maximum absolute atomic E-state index is 12.9. The van der Waals surface area contributed by atoms with Crippen LogP contribution in [0.5, 0.6) is 11.5 Å². The van der Waals surface area contributed by atoms with Crippen LogP contribution in [0, 0.1) is 5.92 Å². The van der Waals surface area contributed by atoms with Crippen molar-refractivity contribution in [2.75, 3.05) is 31.6 Å². The van der Waals surface area contributed by atoms with Gasteiger partial charge in [-0.05, 0) is 50.0 Å². The third-order valence-corrected chi connectivity index (χ3v) is 6.86. The van der Waals surface area contributed by atoms with Crippen LogP contribution in [-0.2, 0) is 17.9 Å². The van der Waals surface area contributed by atoms with E-state index in [2.05, 4.69) is 27.3 Å². The van der Waals surface area contributed by atoms with Crippen molar-refractivity contribution in [3.8, 4) is 23.0 Å². The minimum absolute atomic E-state index is 0.141. The molecule has 1 N–H and O–H groups in total. The SMILES string of the molecule is CC1CCN(Cc2nnc(-c3cn(CC(=O)Nc4ccc5c(c4)OCCO5)c4ccccc34)o2)CC1. The Morgan fingerprint density at radius 1 is 1.06 bits per heavy atom. The van der Waals surface area contributed by atoms with Crippen LogP contribution in [0.4, 0.5) is 5.69 Å². The van der Waals surface area contributed by atoms with E-state index in [1.54, 1.807) is 6.07 Å². The van der Waals surface area contributed by atoms with Crippen LogP contribution in [-0.4, -0.2) is 51.9 Å². The van der Waals surface area contributed by atoms with Crippen molar-refractivity contribution in [3.05, 3.63) is 54.6 Å². The van der Waals surface area contributed by atoms with Gasteiger partial charge in [-0.15, -0.1) is 10.2 Å². The van der Waals surface area contributed by atoms with Crippen LogP contribution in [0.15, 0.2) is 53.1 Å². The van der Waals surface area contributed by atoms with Gasteiger partial charge in [-0.2, -0.15) is 0 Å². The number of piperidine rings is 1. The summed E-state index contributed by atoms with van der Waals surface area (Å²) in [6.07, 6.45) is 4.31. The number of hydrogen-bond donors (Lipinski definition) is 1. The third-order valence-electron chi connectivity index (χ3n) is 6.86. The van der Waals surface area contributed by atoms with Gasteiger partial charge in [0.15, 0.2) is 11.5 Å². The summed E-state index contributed by atoms with van der Waals surface area (Å²) < 4.78 is 19.2. The van der Waals surface area contributed by atoms with Gasteiger partial charge in [0.1, 0.15) is 19.8 Å². The summed E-state index contributed by atoms with van der Waals surface area (Å²) in [7, 11) is 0. The highest BCUT2D eigenvalue weighted by Gasteiger charge is 2.21. The first-order valence-electron chi connectivity index (χ1n) is 12.4. The average molecular weight is 488 g/mol. The van der Waals surface area contributed by atoms with Crippen LogP contribution >= 0.6 is 0 Å². The molecule has 36 heavy (non-hydrogen) atoms. The number of nitrogens with zero attached hydrogens (tertiary/aromatic N) is 4. The minimum atomic E-state index is -0.149. The first-order chi connectivity index (χ1) is 17.6. The molecule has 1 amide bonds. The molecule has 0 unspecified atom stereocenters. The Balaban J connectivity index is 1.19. The van der Waals surface area contributed by atoms with Gasteiger partial charge >= 0.3 is 0 Å². The summed E-state index contributed by atoms with van der Waals surface area (Å²) in [4.78, 5) is 15.3. The Kier molecular flexibility index (Phi) is 6.06. The fourth-order valence-electron chi connectivity index (χ4n) is 4.86. The largest absolute Gasteiger partial charge is 0.486 e. The molecule has 0 atom stereocenters. The molecule has 2 aromatic carbocycles. The van der Waals surface area contributed by atoms with E-state index in [0.717, 1.165) is 35.5 Å². The normalized spacial score (nSPS) is 16.4. The number of likely N-dealkylation sites (tertiary alicyclic amines) is 1. The number of anilines is 1. The molecule has 2 aliphatic heterocycles. The second-order valence-electron chi connectivity index (χ2n) is 9.55. The fourth-order valence-corrected chi connectivity index (χ4v) is 4.86. The lowest BCUT2D eigenvalue weighted by Gasteiger charge is -2.28. The Hall–Kier alpha value is -3.85. The van der Waals surface area contributed by atoms with Gasteiger partial charge in [0.2, 0.25) is 17.7 Å². The number of aromatic nitrogens is 3. The van der Waals surface area contributed by atoms with E-state index >= 15 is 0 Å². The molecule has 9 heteroatoms. The monoisotopic (exact) mass is 487 g/mol. The van der Waals surface area contributed by atoms with Crippen molar-refractivity contribution in [1.29, 1.82) is 0 Å².